The van der Waals surface area contributed by atoms with Crippen LogP contribution in [0.15, 0.2) is 11.8 Å². The van der Waals surface area contributed by atoms with Crippen molar-refractivity contribution < 1.29 is 14.1 Å². The molecular formula is C14H28N2O3P+. The molecule has 0 fully saturated rings. The second kappa shape index (κ2) is 7.96. The fourth-order valence-corrected chi connectivity index (χ4v) is 4.93. The Morgan fingerprint density at radius 2 is 1.90 bits per heavy atom. The van der Waals surface area contributed by atoms with E-state index in [9.17, 15) is 4.79 Å². The van der Waals surface area contributed by atoms with Crippen LogP contribution in [0, 0.1) is 0 Å². The smallest absolute Gasteiger partial charge is 0.350 e. The van der Waals surface area contributed by atoms with Crippen LogP contribution in [0.4, 0.5) is 0 Å². The monoisotopic (exact) mass is 303 g/mol. The highest BCUT2D eigenvalue weighted by molar-refractivity contribution is 7.67. The lowest BCUT2D eigenvalue weighted by Gasteiger charge is -2.34. The van der Waals surface area contributed by atoms with Crippen molar-refractivity contribution in [3.8, 4) is 0 Å². The second-order valence-electron chi connectivity index (χ2n) is 5.33. The maximum atomic E-state index is 12.0. The van der Waals surface area contributed by atoms with E-state index in [-0.39, 0.29) is 12.1 Å². The van der Waals surface area contributed by atoms with Crippen molar-refractivity contribution in [1.29, 1.82) is 0 Å². The van der Waals surface area contributed by atoms with Crippen molar-refractivity contribution >= 4 is 13.8 Å². The minimum Gasteiger partial charge on any atom is -0.463 e. The molecule has 0 heterocycles. The zero-order valence-electron chi connectivity index (χ0n) is 13.4. The lowest BCUT2D eigenvalue weighted by Crippen LogP contribution is -2.34. The SMILES string of the molecule is CCOC(=O)C[P+](OC1=CCCCC1)(N(C)C)N(C)C. The van der Waals surface area contributed by atoms with E-state index in [2.05, 4.69) is 6.08 Å². The standard InChI is InChI=1S/C14H28N2O3P/c1-6-18-14(17)12-20(15(2)3,16(4)5)19-13-10-8-7-9-11-13/h10H,6-9,11-12H2,1-5H3/q+1. The molecule has 0 aromatic carbocycles. The fourth-order valence-electron chi connectivity index (χ4n) is 2.29. The molecule has 0 radical (unpaired) electrons. The topological polar surface area (TPSA) is 42.0 Å². The number of hydrogen-bond acceptors (Lipinski definition) is 5. The quantitative estimate of drug-likeness (QED) is 0.534. The summed E-state index contributed by atoms with van der Waals surface area (Å²) >= 11 is 0. The Labute approximate surface area is 123 Å². The first-order valence-corrected chi connectivity index (χ1v) is 9.00. The van der Waals surface area contributed by atoms with Gasteiger partial charge in [0.15, 0.2) is 5.76 Å². The van der Waals surface area contributed by atoms with Crippen molar-refractivity contribution in [2.45, 2.75) is 32.6 Å². The number of hydrogen-bond donors (Lipinski definition) is 0. The van der Waals surface area contributed by atoms with E-state index in [0.29, 0.717) is 6.61 Å². The van der Waals surface area contributed by atoms with Crippen LogP contribution in [0.5, 0.6) is 0 Å². The predicted octanol–water partition coefficient (Wildman–Crippen LogP) is 2.91. The molecule has 0 aromatic rings. The van der Waals surface area contributed by atoms with Crippen molar-refractivity contribution in [3.63, 3.8) is 0 Å². The number of carbonyl (C=O) groups excluding carboxylic acids is 1. The molecule has 5 nitrogen and oxygen atoms in total. The Kier molecular flexibility index (Phi) is 6.93. The third kappa shape index (κ3) is 4.44. The number of carbonyl (C=O) groups is 1. The van der Waals surface area contributed by atoms with Crippen LogP contribution in [0.2, 0.25) is 0 Å². The molecule has 6 heteroatoms. The lowest BCUT2D eigenvalue weighted by atomic mass is 10.1. The average Bonchev–Trinajstić information content (AvgIpc) is 2.38. The van der Waals surface area contributed by atoms with Gasteiger partial charge in [-0.2, -0.15) is 0 Å². The summed E-state index contributed by atoms with van der Waals surface area (Å²) in [5.74, 6) is 0.830. The summed E-state index contributed by atoms with van der Waals surface area (Å²) in [5, 5.41) is 0. The van der Waals surface area contributed by atoms with Gasteiger partial charge < -0.3 is 9.26 Å². The van der Waals surface area contributed by atoms with E-state index in [4.69, 9.17) is 9.26 Å². The Balaban J connectivity index is 2.92. The largest absolute Gasteiger partial charge is 0.463 e. The lowest BCUT2D eigenvalue weighted by molar-refractivity contribution is -0.140. The molecule has 1 aliphatic rings. The molecular weight excluding hydrogens is 275 g/mol. The van der Waals surface area contributed by atoms with Gasteiger partial charge in [0.2, 0.25) is 6.16 Å². The zero-order chi connectivity index (χ0) is 15.2. The molecule has 0 bridgehead atoms. The number of rotatable bonds is 7. The molecule has 1 aliphatic carbocycles. The van der Waals surface area contributed by atoms with Crippen molar-refractivity contribution in [1.82, 2.24) is 9.34 Å². The third-order valence-corrected chi connectivity index (χ3v) is 7.10. The molecule has 0 atom stereocenters. The zero-order valence-corrected chi connectivity index (χ0v) is 14.3. The van der Waals surface area contributed by atoms with Crippen LogP contribution >= 0.6 is 7.79 Å². The van der Waals surface area contributed by atoms with Crippen LogP contribution in [0.3, 0.4) is 0 Å². The number of nitrogens with zero attached hydrogens (tertiary/aromatic N) is 2. The first kappa shape index (κ1) is 17.4. The van der Waals surface area contributed by atoms with E-state index >= 15 is 0 Å². The number of allylic oxidation sites excluding steroid dienone is 2. The highest BCUT2D eigenvalue weighted by Gasteiger charge is 2.51. The summed E-state index contributed by atoms with van der Waals surface area (Å²) in [6.45, 7) is 2.23. The molecule has 1 rings (SSSR count). The molecule has 0 unspecified atom stereocenters. The van der Waals surface area contributed by atoms with E-state index in [1.165, 1.54) is 6.42 Å². The van der Waals surface area contributed by atoms with Crippen molar-refractivity contribution in [2.75, 3.05) is 41.0 Å². The van der Waals surface area contributed by atoms with Crippen LogP contribution in [-0.4, -0.2) is 56.3 Å². The summed E-state index contributed by atoms with van der Waals surface area (Å²) in [6.07, 6.45) is 6.86. The Morgan fingerprint density at radius 1 is 1.25 bits per heavy atom. The van der Waals surface area contributed by atoms with Crippen LogP contribution in [-0.2, 0) is 14.1 Å². The van der Waals surface area contributed by atoms with Crippen molar-refractivity contribution in [2.24, 2.45) is 0 Å². The molecule has 20 heavy (non-hydrogen) atoms. The van der Waals surface area contributed by atoms with Gasteiger partial charge in [-0.25, -0.2) is 4.79 Å². The molecule has 116 valence electrons. The molecule has 0 saturated heterocycles. The van der Waals surface area contributed by atoms with E-state index in [0.717, 1.165) is 25.0 Å². The number of esters is 1. The van der Waals surface area contributed by atoms with Crippen LogP contribution < -0.4 is 0 Å². The van der Waals surface area contributed by atoms with E-state index in [1.54, 1.807) is 0 Å². The molecule has 0 amide bonds. The average molecular weight is 303 g/mol. The Bertz CT molecular complexity index is 348. The highest BCUT2D eigenvalue weighted by Crippen LogP contribution is 2.64. The minimum atomic E-state index is -2.17. The molecule has 0 spiro atoms. The predicted molar refractivity (Wildman–Crippen MR) is 83.4 cm³/mol. The van der Waals surface area contributed by atoms with Crippen molar-refractivity contribution in [3.05, 3.63) is 11.8 Å². The van der Waals surface area contributed by atoms with Gasteiger partial charge in [-0.15, -0.1) is 9.34 Å². The van der Waals surface area contributed by atoms with Crippen LogP contribution in [0.1, 0.15) is 32.6 Å². The normalized spacial score (nSPS) is 16.2. The van der Waals surface area contributed by atoms with Gasteiger partial charge in [0.25, 0.3) is 0 Å². The van der Waals surface area contributed by atoms with Gasteiger partial charge in [-0.05, 0) is 32.3 Å². The summed E-state index contributed by atoms with van der Waals surface area (Å²) in [5.41, 5.74) is 0. The summed E-state index contributed by atoms with van der Waals surface area (Å²) in [4.78, 5) is 12.0. The van der Waals surface area contributed by atoms with Gasteiger partial charge in [-0.1, -0.05) is 0 Å². The number of ether oxygens (including phenoxy) is 1. The molecule has 0 N–H and O–H groups in total. The first-order chi connectivity index (χ1) is 9.42. The Hall–Kier alpha value is -0.640. The third-order valence-electron chi connectivity index (χ3n) is 3.40. The van der Waals surface area contributed by atoms with Gasteiger partial charge in [0, 0.05) is 34.6 Å². The van der Waals surface area contributed by atoms with E-state index in [1.807, 2.05) is 44.5 Å². The summed E-state index contributed by atoms with van der Waals surface area (Å²) < 4.78 is 15.5. The van der Waals surface area contributed by atoms with Gasteiger partial charge in [0.1, 0.15) is 0 Å². The minimum absolute atomic E-state index is 0.195. The molecule has 0 aromatic heterocycles. The highest BCUT2D eigenvalue weighted by atomic mass is 31.2. The maximum absolute atomic E-state index is 12.0. The first-order valence-electron chi connectivity index (χ1n) is 7.20. The van der Waals surface area contributed by atoms with Gasteiger partial charge in [0.05, 0.1) is 6.61 Å². The van der Waals surface area contributed by atoms with Gasteiger partial charge >= 0.3 is 13.8 Å². The molecule has 0 aliphatic heterocycles. The van der Waals surface area contributed by atoms with Gasteiger partial charge in [-0.3, -0.25) is 0 Å². The molecule has 0 saturated carbocycles. The Morgan fingerprint density at radius 3 is 2.35 bits per heavy atom. The van der Waals surface area contributed by atoms with E-state index < -0.39 is 7.79 Å². The summed E-state index contributed by atoms with van der Waals surface area (Å²) in [6, 6.07) is 0. The second-order valence-corrected chi connectivity index (χ2v) is 8.76. The maximum Gasteiger partial charge on any atom is 0.350 e. The van der Waals surface area contributed by atoms with Crippen LogP contribution in [0.25, 0.3) is 0 Å². The summed E-state index contributed by atoms with van der Waals surface area (Å²) in [7, 11) is 5.70. The fraction of sp³-hybridized carbons (Fsp3) is 0.786.